The van der Waals surface area contributed by atoms with Gasteiger partial charge in [0.15, 0.2) is 0 Å². The molecule has 4 N–H and O–H groups in total. The summed E-state index contributed by atoms with van der Waals surface area (Å²) >= 11 is 8.99. The average Bonchev–Trinajstić information content (AvgIpc) is 2.01. The van der Waals surface area contributed by atoms with E-state index >= 15 is 0 Å². The van der Waals surface area contributed by atoms with Crippen LogP contribution in [0.2, 0.25) is 5.02 Å². The van der Waals surface area contributed by atoms with Crippen molar-refractivity contribution in [2.24, 2.45) is 5.73 Å². The number of halogens is 2. The molecule has 0 amide bonds. The summed E-state index contributed by atoms with van der Waals surface area (Å²) in [6.45, 7) is -0.0182. The Morgan fingerprint density at radius 2 is 2.14 bits per heavy atom. The molecule has 0 aliphatic rings. The highest BCUT2D eigenvalue weighted by molar-refractivity contribution is 9.10. The first kappa shape index (κ1) is 11.8. The van der Waals surface area contributed by atoms with Gasteiger partial charge >= 0.3 is 0 Å². The third kappa shape index (κ3) is 2.60. The number of rotatable bonds is 3. The van der Waals surface area contributed by atoms with Gasteiger partial charge in [0, 0.05) is 27.7 Å². The summed E-state index contributed by atoms with van der Waals surface area (Å²) in [6.07, 6.45) is 0.397. The van der Waals surface area contributed by atoms with E-state index in [1.54, 1.807) is 6.07 Å². The van der Waals surface area contributed by atoms with Crippen LogP contribution in [-0.2, 0) is 0 Å². The number of nitrogens with two attached hydrogens (primary N) is 1. The molecule has 1 aromatic carbocycles. The Labute approximate surface area is 95.6 Å². The SMILES string of the molecule is NC(CCO)c1c(O)cc(Cl)cc1Br. The molecule has 0 aliphatic heterocycles. The van der Waals surface area contributed by atoms with Gasteiger partial charge in [-0.2, -0.15) is 0 Å². The Balaban J connectivity index is 3.07. The molecule has 0 spiro atoms. The number of phenolic OH excluding ortho intramolecular Hbond substituents is 1. The molecule has 0 saturated carbocycles. The molecular weight excluding hydrogens is 269 g/mol. The maximum atomic E-state index is 9.59. The van der Waals surface area contributed by atoms with Crippen LogP contribution in [-0.4, -0.2) is 16.8 Å². The Hall–Kier alpha value is -0.290. The summed E-state index contributed by atoms with van der Waals surface area (Å²) in [5.74, 6) is 0.0466. The monoisotopic (exact) mass is 279 g/mol. The third-order valence-corrected chi connectivity index (χ3v) is 2.76. The van der Waals surface area contributed by atoms with Crippen LogP contribution >= 0.6 is 27.5 Å². The van der Waals surface area contributed by atoms with Crippen molar-refractivity contribution >= 4 is 27.5 Å². The molecule has 0 saturated heterocycles. The maximum absolute atomic E-state index is 9.59. The van der Waals surface area contributed by atoms with Gasteiger partial charge in [0.25, 0.3) is 0 Å². The average molecular weight is 281 g/mol. The maximum Gasteiger partial charge on any atom is 0.122 e. The second-order valence-electron chi connectivity index (χ2n) is 2.94. The summed E-state index contributed by atoms with van der Waals surface area (Å²) in [5.41, 5.74) is 6.34. The van der Waals surface area contributed by atoms with Crippen LogP contribution in [0.3, 0.4) is 0 Å². The molecule has 14 heavy (non-hydrogen) atoms. The van der Waals surface area contributed by atoms with E-state index in [0.717, 1.165) is 0 Å². The van der Waals surface area contributed by atoms with Crippen molar-refractivity contribution in [1.82, 2.24) is 0 Å². The van der Waals surface area contributed by atoms with E-state index in [1.807, 2.05) is 0 Å². The topological polar surface area (TPSA) is 66.5 Å². The van der Waals surface area contributed by atoms with Crippen molar-refractivity contribution in [3.05, 3.63) is 27.2 Å². The molecule has 0 fully saturated rings. The number of benzene rings is 1. The van der Waals surface area contributed by atoms with Crippen molar-refractivity contribution in [2.45, 2.75) is 12.5 Å². The zero-order valence-electron chi connectivity index (χ0n) is 7.37. The number of hydrogen-bond acceptors (Lipinski definition) is 3. The van der Waals surface area contributed by atoms with Gasteiger partial charge in [0.1, 0.15) is 5.75 Å². The van der Waals surface area contributed by atoms with Crippen LogP contribution in [0, 0.1) is 0 Å². The van der Waals surface area contributed by atoms with Gasteiger partial charge in [0.2, 0.25) is 0 Å². The molecule has 1 unspecified atom stereocenters. The molecule has 0 bridgehead atoms. The van der Waals surface area contributed by atoms with Gasteiger partial charge < -0.3 is 15.9 Å². The van der Waals surface area contributed by atoms with Crippen molar-refractivity contribution in [2.75, 3.05) is 6.61 Å². The lowest BCUT2D eigenvalue weighted by molar-refractivity contribution is 0.275. The Morgan fingerprint density at radius 1 is 1.50 bits per heavy atom. The Morgan fingerprint density at radius 3 is 2.64 bits per heavy atom. The Bertz CT molecular complexity index is 310. The van der Waals surface area contributed by atoms with Crippen LogP contribution < -0.4 is 5.73 Å². The fraction of sp³-hybridized carbons (Fsp3) is 0.333. The quantitative estimate of drug-likeness (QED) is 0.795. The molecule has 0 heterocycles. The second-order valence-corrected chi connectivity index (χ2v) is 4.23. The summed E-state index contributed by atoms with van der Waals surface area (Å²) in [7, 11) is 0. The van der Waals surface area contributed by atoms with E-state index in [9.17, 15) is 5.11 Å². The highest BCUT2D eigenvalue weighted by Gasteiger charge is 2.15. The largest absolute Gasteiger partial charge is 0.508 e. The molecule has 0 radical (unpaired) electrons. The number of hydrogen-bond donors (Lipinski definition) is 3. The molecule has 5 heteroatoms. The summed E-state index contributed by atoms with van der Waals surface area (Å²) < 4.78 is 0.656. The van der Waals surface area contributed by atoms with E-state index in [1.165, 1.54) is 6.07 Å². The van der Waals surface area contributed by atoms with E-state index in [4.69, 9.17) is 22.4 Å². The minimum absolute atomic E-state index is 0.0182. The number of aromatic hydroxyl groups is 1. The first-order valence-corrected chi connectivity index (χ1v) is 5.27. The predicted octanol–water partition coefficient (Wildman–Crippen LogP) is 2.19. The summed E-state index contributed by atoms with van der Waals surface area (Å²) in [6, 6.07) is 2.69. The zero-order valence-corrected chi connectivity index (χ0v) is 9.72. The molecule has 3 nitrogen and oxygen atoms in total. The molecule has 0 aromatic heterocycles. The van der Waals surface area contributed by atoms with Gasteiger partial charge in [-0.05, 0) is 18.6 Å². The van der Waals surface area contributed by atoms with E-state index < -0.39 is 6.04 Å². The summed E-state index contributed by atoms with van der Waals surface area (Å²) in [4.78, 5) is 0. The molecule has 1 aromatic rings. The van der Waals surface area contributed by atoms with Crippen molar-refractivity contribution in [1.29, 1.82) is 0 Å². The standard InChI is InChI=1S/C9H11BrClNO2/c10-6-3-5(11)4-8(14)9(6)7(12)1-2-13/h3-4,7,13-14H,1-2,12H2. The number of phenols is 1. The van der Waals surface area contributed by atoms with Gasteiger partial charge in [-0.3, -0.25) is 0 Å². The van der Waals surface area contributed by atoms with Crippen LogP contribution in [0.4, 0.5) is 0 Å². The lowest BCUT2D eigenvalue weighted by Crippen LogP contribution is -2.12. The first-order valence-electron chi connectivity index (χ1n) is 4.10. The van der Waals surface area contributed by atoms with E-state index in [-0.39, 0.29) is 12.4 Å². The zero-order chi connectivity index (χ0) is 10.7. The normalized spacial score (nSPS) is 12.9. The van der Waals surface area contributed by atoms with Crippen LogP contribution in [0.1, 0.15) is 18.0 Å². The van der Waals surface area contributed by atoms with E-state index in [2.05, 4.69) is 15.9 Å². The van der Waals surface area contributed by atoms with Gasteiger partial charge in [-0.15, -0.1) is 0 Å². The molecular formula is C9H11BrClNO2. The number of aliphatic hydroxyl groups excluding tert-OH is 1. The number of aliphatic hydroxyl groups is 1. The van der Waals surface area contributed by atoms with Crippen molar-refractivity contribution < 1.29 is 10.2 Å². The van der Waals surface area contributed by atoms with Crippen LogP contribution in [0.5, 0.6) is 5.75 Å². The van der Waals surface area contributed by atoms with Gasteiger partial charge in [-0.1, -0.05) is 27.5 Å². The van der Waals surface area contributed by atoms with Crippen LogP contribution in [0.15, 0.2) is 16.6 Å². The molecule has 78 valence electrons. The second kappa shape index (κ2) is 4.98. The Kier molecular flexibility index (Phi) is 4.19. The van der Waals surface area contributed by atoms with Crippen molar-refractivity contribution in [3.8, 4) is 5.75 Å². The molecule has 1 rings (SSSR count). The van der Waals surface area contributed by atoms with Crippen molar-refractivity contribution in [3.63, 3.8) is 0 Å². The fourth-order valence-corrected chi connectivity index (χ4v) is 2.31. The highest BCUT2D eigenvalue weighted by Crippen LogP contribution is 2.34. The lowest BCUT2D eigenvalue weighted by atomic mass is 10.0. The highest BCUT2D eigenvalue weighted by atomic mass is 79.9. The van der Waals surface area contributed by atoms with Gasteiger partial charge in [-0.25, -0.2) is 0 Å². The smallest absolute Gasteiger partial charge is 0.122 e. The molecule has 0 aliphatic carbocycles. The summed E-state index contributed by atoms with van der Waals surface area (Å²) in [5, 5.41) is 18.8. The van der Waals surface area contributed by atoms with E-state index in [0.29, 0.717) is 21.5 Å². The van der Waals surface area contributed by atoms with Gasteiger partial charge in [0.05, 0.1) is 0 Å². The fourth-order valence-electron chi connectivity index (χ4n) is 1.22. The lowest BCUT2D eigenvalue weighted by Gasteiger charge is -2.14. The minimum Gasteiger partial charge on any atom is -0.508 e. The minimum atomic E-state index is -0.397. The molecule has 1 atom stereocenters. The third-order valence-electron chi connectivity index (χ3n) is 1.88. The van der Waals surface area contributed by atoms with Crippen LogP contribution in [0.25, 0.3) is 0 Å². The predicted molar refractivity (Wildman–Crippen MR) is 59.4 cm³/mol. The first-order chi connectivity index (χ1) is 6.56.